The Bertz CT molecular complexity index is 3490. The van der Waals surface area contributed by atoms with Crippen molar-refractivity contribution >= 4 is 38.8 Å². The summed E-state index contributed by atoms with van der Waals surface area (Å²) in [6.45, 7) is 4.00. The molecule has 312 valence electrons. The first kappa shape index (κ1) is 40.7. The minimum Gasteiger partial charge on any atom is -0.309 e. The Morgan fingerprint density at radius 1 is 0.477 bits per heavy atom. The molecule has 0 radical (unpaired) electrons. The fourth-order valence-electron chi connectivity index (χ4n) is 9.40. The summed E-state index contributed by atoms with van der Waals surface area (Å²) < 4.78 is 50.7. The predicted molar refractivity (Wildman–Crippen MR) is 258 cm³/mol. The molecule has 10 aromatic rings. The van der Waals surface area contributed by atoms with Crippen molar-refractivity contribution in [1.29, 1.82) is 10.5 Å². The first-order valence-electron chi connectivity index (χ1n) is 21.6. The Labute approximate surface area is 374 Å². The van der Waals surface area contributed by atoms with Gasteiger partial charge in [-0.05, 0) is 118 Å². The zero-order valence-corrected chi connectivity index (χ0v) is 35.5. The van der Waals surface area contributed by atoms with Gasteiger partial charge in [-0.2, -0.15) is 23.7 Å². The maximum Gasteiger partial charge on any atom is 0.417 e. The summed E-state index contributed by atoms with van der Waals surface area (Å²) in [6, 6.07) is 60.2. The Balaban J connectivity index is 0.00000246. The number of rotatable bonds is 6. The van der Waals surface area contributed by atoms with Crippen LogP contribution in [0, 0.1) is 22.7 Å². The SMILES string of the molecule is CC.N#Cc1cc(-n2c3c(c4cc(-c5ccccc5)ccc42)CC=C3)c(-c2ccc(C#N)cc2C(F)(F)F)c(-n2c3ccc(-c4ccccc4)cc3c3cc(-c4ccccc4)ccc32)c1. The van der Waals surface area contributed by atoms with Crippen LogP contribution in [0.2, 0.25) is 0 Å². The second-order valence-electron chi connectivity index (χ2n) is 15.8. The van der Waals surface area contributed by atoms with Crippen LogP contribution in [0.15, 0.2) is 182 Å². The number of aromatic nitrogens is 2. The van der Waals surface area contributed by atoms with Crippen LogP contribution < -0.4 is 0 Å². The topological polar surface area (TPSA) is 57.4 Å². The molecule has 0 N–H and O–H groups in total. The van der Waals surface area contributed by atoms with Crippen molar-refractivity contribution in [3.63, 3.8) is 0 Å². The molecule has 11 rings (SSSR count). The van der Waals surface area contributed by atoms with Gasteiger partial charge in [0.15, 0.2) is 0 Å². The highest BCUT2D eigenvalue weighted by molar-refractivity contribution is 6.12. The maximum atomic E-state index is 15.6. The largest absolute Gasteiger partial charge is 0.417 e. The summed E-state index contributed by atoms with van der Waals surface area (Å²) >= 11 is 0. The van der Waals surface area contributed by atoms with E-state index in [0.717, 1.165) is 83.4 Å². The van der Waals surface area contributed by atoms with Crippen LogP contribution in [-0.4, -0.2) is 9.13 Å². The average molecular weight is 849 g/mol. The third kappa shape index (κ3) is 6.95. The number of hydrogen-bond acceptors (Lipinski definition) is 2. The van der Waals surface area contributed by atoms with E-state index in [2.05, 4.69) is 66.7 Å². The molecule has 0 atom stereocenters. The number of fused-ring (bicyclic) bond motifs is 6. The molecule has 7 heteroatoms. The number of allylic oxidation sites excluding steroid dienone is 1. The van der Waals surface area contributed by atoms with Gasteiger partial charge in [0.2, 0.25) is 0 Å². The summed E-state index contributed by atoms with van der Waals surface area (Å²) in [6.07, 6.45) is -0.108. The Morgan fingerprint density at radius 2 is 0.938 bits per heavy atom. The standard InChI is InChI=1S/C56H33F3N4.C2H6/c57-56(58,59)48-27-35(33-60)19-23-44(48)55-53(62-49-18-10-17-43(49)45-30-40(20-24-50(45)62)37-11-4-1-5-12-37)28-36(34-61)29-54(55)63-51-25-21-41(38-13-6-2-7-14-38)31-46(51)47-32-42(22-26-52(47)63)39-15-8-3-9-16-39;1-2/h1-16,18-32H,17H2;1-2H3. The van der Waals surface area contributed by atoms with E-state index in [1.807, 2.05) is 126 Å². The van der Waals surface area contributed by atoms with Crippen LogP contribution in [0.4, 0.5) is 13.2 Å². The van der Waals surface area contributed by atoms with Crippen molar-refractivity contribution in [2.24, 2.45) is 0 Å². The molecule has 0 unspecified atom stereocenters. The van der Waals surface area contributed by atoms with Crippen molar-refractivity contribution in [1.82, 2.24) is 9.13 Å². The van der Waals surface area contributed by atoms with Crippen LogP contribution in [0.25, 0.3) is 94.7 Å². The highest BCUT2D eigenvalue weighted by Gasteiger charge is 2.36. The predicted octanol–water partition coefficient (Wildman–Crippen LogP) is 15.8. The lowest BCUT2D eigenvalue weighted by Gasteiger charge is -2.23. The monoisotopic (exact) mass is 848 g/mol. The van der Waals surface area contributed by atoms with Crippen molar-refractivity contribution in [2.45, 2.75) is 26.4 Å². The number of nitriles is 2. The highest BCUT2D eigenvalue weighted by Crippen LogP contribution is 2.48. The molecule has 0 spiro atoms. The molecule has 0 bridgehead atoms. The van der Waals surface area contributed by atoms with Crippen LogP contribution in [0.5, 0.6) is 0 Å². The minimum absolute atomic E-state index is 0.105. The van der Waals surface area contributed by atoms with Gasteiger partial charge in [0.1, 0.15) is 0 Å². The van der Waals surface area contributed by atoms with Gasteiger partial charge in [0.25, 0.3) is 0 Å². The van der Waals surface area contributed by atoms with Gasteiger partial charge in [0, 0.05) is 21.7 Å². The maximum absolute atomic E-state index is 15.6. The molecule has 1 aliphatic rings. The van der Waals surface area contributed by atoms with Crippen molar-refractivity contribution < 1.29 is 13.2 Å². The zero-order chi connectivity index (χ0) is 44.8. The molecule has 0 fully saturated rings. The van der Waals surface area contributed by atoms with Gasteiger partial charge in [0.05, 0.1) is 62.4 Å². The summed E-state index contributed by atoms with van der Waals surface area (Å²) in [5.41, 5.74) is 10.5. The number of benzene rings is 8. The van der Waals surface area contributed by atoms with Crippen molar-refractivity contribution in [3.05, 3.63) is 210 Å². The van der Waals surface area contributed by atoms with Gasteiger partial charge >= 0.3 is 6.18 Å². The van der Waals surface area contributed by atoms with E-state index in [-0.39, 0.29) is 22.3 Å². The lowest BCUT2D eigenvalue weighted by molar-refractivity contribution is -0.137. The fourth-order valence-corrected chi connectivity index (χ4v) is 9.40. The third-order valence-electron chi connectivity index (χ3n) is 12.2. The quantitative estimate of drug-likeness (QED) is 0.167. The molecule has 4 nitrogen and oxygen atoms in total. The van der Waals surface area contributed by atoms with Crippen LogP contribution >= 0.6 is 0 Å². The van der Waals surface area contributed by atoms with E-state index in [0.29, 0.717) is 17.8 Å². The Kier molecular flexibility index (Phi) is 10.3. The van der Waals surface area contributed by atoms with Gasteiger partial charge in [-0.3, -0.25) is 0 Å². The Hall–Kier alpha value is -8.39. The molecule has 1 aliphatic carbocycles. The molecule has 0 aliphatic heterocycles. The lowest BCUT2D eigenvalue weighted by Crippen LogP contribution is -2.11. The lowest BCUT2D eigenvalue weighted by atomic mass is 9.92. The zero-order valence-electron chi connectivity index (χ0n) is 35.5. The molecular formula is C58H39F3N4. The number of hydrogen-bond donors (Lipinski definition) is 0. The number of nitrogens with zero attached hydrogens (tertiary/aromatic N) is 4. The minimum atomic E-state index is -4.83. The van der Waals surface area contributed by atoms with Gasteiger partial charge in [-0.25, -0.2) is 0 Å². The first-order chi connectivity index (χ1) is 31.8. The molecule has 0 saturated heterocycles. The van der Waals surface area contributed by atoms with Crippen LogP contribution in [0.1, 0.15) is 41.8 Å². The van der Waals surface area contributed by atoms with Crippen molar-refractivity contribution in [2.75, 3.05) is 0 Å². The van der Waals surface area contributed by atoms with Gasteiger partial charge in [-0.1, -0.05) is 135 Å². The van der Waals surface area contributed by atoms with Crippen LogP contribution in [0.3, 0.4) is 0 Å². The Morgan fingerprint density at radius 3 is 1.42 bits per heavy atom. The first-order valence-corrected chi connectivity index (χ1v) is 21.6. The highest BCUT2D eigenvalue weighted by atomic mass is 19.4. The fraction of sp³-hybridized carbons (Fsp3) is 0.0690. The van der Waals surface area contributed by atoms with E-state index in [9.17, 15) is 10.5 Å². The van der Waals surface area contributed by atoms with Crippen LogP contribution in [-0.2, 0) is 12.6 Å². The van der Waals surface area contributed by atoms with E-state index >= 15 is 13.2 Å². The molecule has 2 aromatic heterocycles. The second kappa shape index (κ2) is 16.4. The van der Waals surface area contributed by atoms with E-state index in [4.69, 9.17) is 0 Å². The van der Waals surface area contributed by atoms with E-state index in [1.54, 1.807) is 12.1 Å². The smallest absolute Gasteiger partial charge is 0.309 e. The molecule has 8 aromatic carbocycles. The molecular weight excluding hydrogens is 810 g/mol. The molecule has 65 heavy (non-hydrogen) atoms. The second-order valence-corrected chi connectivity index (χ2v) is 15.8. The summed E-state index contributed by atoms with van der Waals surface area (Å²) in [4.78, 5) is 0. The number of halogens is 3. The summed E-state index contributed by atoms with van der Waals surface area (Å²) in [7, 11) is 0. The average Bonchev–Trinajstić information content (AvgIpc) is 4.05. The van der Waals surface area contributed by atoms with Gasteiger partial charge in [-0.15, -0.1) is 0 Å². The summed E-state index contributed by atoms with van der Waals surface area (Å²) in [5, 5.41) is 23.5. The third-order valence-corrected chi connectivity index (χ3v) is 12.2. The number of alkyl halides is 3. The van der Waals surface area contributed by atoms with E-state index in [1.165, 1.54) is 12.1 Å². The molecule has 0 saturated carbocycles. The normalized spacial score (nSPS) is 11.9. The molecule has 2 heterocycles. The molecule has 0 amide bonds. The van der Waals surface area contributed by atoms with Gasteiger partial charge < -0.3 is 9.13 Å². The van der Waals surface area contributed by atoms with E-state index < -0.39 is 11.7 Å². The van der Waals surface area contributed by atoms with Crippen molar-refractivity contribution in [3.8, 4) is 68.0 Å². The summed E-state index contributed by atoms with van der Waals surface area (Å²) in [5.74, 6) is 0.